The number of piperidine rings is 1. The van der Waals surface area contributed by atoms with Crippen LogP contribution in [0, 0.1) is 5.82 Å². The number of ether oxygens (including phenoxy) is 1. The summed E-state index contributed by atoms with van der Waals surface area (Å²) in [4.78, 5) is 31.1. The Balaban J connectivity index is 0.000000353. The molecule has 1 saturated carbocycles. The van der Waals surface area contributed by atoms with Gasteiger partial charge in [0.1, 0.15) is 12.4 Å². The minimum Gasteiger partial charge on any atom is -0.463 e. The quantitative estimate of drug-likeness (QED) is 0.266. The van der Waals surface area contributed by atoms with E-state index in [1.165, 1.54) is 31.4 Å². The molecule has 1 N–H and O–H groups in total. The van der Waals surface area contributed by atoms with Gasteiger partial charge in [-0.1, -0.05) is 69.5 Å². The van der Waals surface area contributed by atoms with Crippen molar-refractivity contribution in [2.45, 2.75) is 77.5 Å². The third kappa shape index (κ3) is 11.0. The maximum absolute atomic E-state index is 13.7. The Labute approximate surface area is 227 Å². The normalized spacial score (nSPS) is 16.4. The van der Waals surface area contributed by atoms with Gasteiger partial charge in [-0.2, -0.15) is 0 Å². The van der Waals surface area contributed by atoms with Crippen molar-refractivity contribution < 1.29 is 18.7 Å². The molecular weight excluding hydrogens is 483 g/mol. The predicted molar refractivity (Wildman–Crippen MR) is 152 cm³/mol. The van der Waals surface area contributed by atoms with Gasteiger partial charge < -0.3 is 9.64 Å². The highest BCUT2D eigenvalue weighted by Gasteiger charge is 2.28. The van der Waals surface area contributed by atoms with Gasteiger partial charge in [-0.25, -0.2) is 9.18 Å². The van der Waals surface area contributed by atoms with Crippen LogP contribution >= 0.6 is 0 Å². The van der Waals surface area contributed by atoms with Gasteiger partial charge in [0.2, 0.25) is 0 Å². The number of urea groups is 1. The topological polar surface area (TPSA) is 74.2 Å². The first kappa shape index (κ1) is 31.0. The standard InChI is InChI=1S/C20H29FN4O.C8H8O2.C2H6/c1-24-12-10-18(11-13-24)25(19-9-5-6-16(21)14-19)20(26)23-15-22-17-7-3-2-4-8-17;9-7-10-6-8-4-2-1-3-5-8;1-2/h5-6,9,14-15,17-18H,2-4,7-8,10-13H2,1H3,(H,22,23,26);1-5,7H,6H2;1-2H3. The number of amides is 2. The van der Waals surface area contributed by atoms with E-state index in [1.54, 1.807) is 23.4 Å². The van der Waals surface area contributed by atoms with E-state index in [9.17, 15) is 14.0 Å². The Hall–Kier alpha value is -3.26. The Morgan fingerprint density at radius 3 is 2.37 bits per heavy atom. The van der Waals surface area contributed by atoms with Crippen molar-refractivity contribution >= 4 is 24.5 Å². The zero-order chi connectivity index (χ0) is 27.6. The molecule has 0 spiro atoms. The lowest BCUT2D eigenvalue weighted by Gasteiger charge is -2.37. The minimum atomic E-state index is -0.330. The summed E-state index contributed by atoms with van der Waals surface area (Å²) in [6.07, 6.45) is 9.17. The number of halogens is 1. The summed E-state index contributed by atoms with van der Waals surface area (Å²) in [6, 6.07) is 16.0. The molecule has 2 aliphatic rings. The van der Waals surface area contributed by atoms with E-state index in [2.05, 4.69) is 27.0 Å². The highest BCUT2D eigenvalue weighted by molar-refractivity contribution is 5.98. The number of aliphatic imine (C=N–C) groups is 1. The average molecular weight is 527 g/mol. The number of carbonyl (C=O) groups is 2. The zero-order valence-electron chi connectivity index (χ0n) is 23.0. The Morgan fingerprint density at radius 1 is 1.05 bits per heavy atom. The molecule has 1 aliphatic carbocycles. The molecule has 0 atom stereocenters. The van der Waals surface area contributed by atoms with Crippen molar-refractivity contribution in [2.24, 2.45) is 4.99 Å². The van der Waals surface area contributed by atoms with E-state index < -0.39 is 0 Å². The van der Waals surface area contributed by atoms with E-state index in [4.69, 9.17) is 0 Å². The van der Waals surface area contributed by atoms with Crippen LogP contribution in [0.2, 0.25) is 0 Å². The highest BCUT2D eigenvalue weighted by atomic mass is 19.1. The number of hydrogen-bond acceptors (Lipinski definition) is 5. The third-order valence-electron chi connectivity index (χ3n) is 6.57. The lowest BCUT2D eigenvalue weighted by atomic mass is 9.96. The smallest absolute Gasteiger partial charge is 0.327 e. The molecule has 8 heteroatoms. The van der Waals surface area contributed by atoms with Crippen LogP contribution in [-0.4, -0.2) is 56.0 Å². The van der Waals surface area contributed by atoms with Crippen molar-refractivity contribution in [3.8, 4) is 0 Å². The van der Waals surface area contributed by atoms with Crippen LogP contribution in [0.15, 0.2) is 59.6 Å². The van der Waals surface area contributed by atoms with Gasteiger partial charge in [0, 0.05) is 11.7 Å². The number of likely N-dealkylation sites (tertiary alicyclic amines) is 1. The average Bonchev–Trinajstić information content (AvgIpc) is 2.96. The summed E-state index contributed by atoms with van der Waals surface area (Å²) in [5.74, 6) is -0.330. The maximum Gasteiger partial charge on any atom is 0.327 e. The first-order valence-corrected chi connectivity index (χ1v) is 13.7. The monoisotopic (exact) mass is 526 g/mol. The van der Waals surface area contributed by atoms with Gasteiger partial charge in [0.15, 0.2) is 0 Å². The van der Waals surface area contributed by atoms with E-state index >= 15 is 0 Å². The van der Waals surface area contributed by atoms with Gasteiger partial charge in [-0.05, 0) is 69.6 Å². The third-order valence-corrected chi connectivity index (χ3v) is 6.57. The summed E-state index contributed by atoms with van der Waals surface area (Å²) < 4.78 is 18.3. The fraction of sp³-hybridized carbons (Fsp3) is 0.500. The van der Waals surface area contributed by atoms with Crippen LogP contribution in [0.3, 0.4) is 0 Å². The lowest BCUT2D eigenvalue weighted by Crippen LogP contribution is -2.50. The molecule has 0 radical (unpaired) electrons. The largest absolute Gasteiger partial charge is 0.463 e. The summed E-state index contributed by atoms with van der Waals surface area (Å²) >= 11 is 0. The second-order valence-corrected chi connectivity index (χ2v) is 9.30. The SMILES string of the molecule is CC.CN1CCC(N(C(=O)NC=NC2CCCCC2)c2cccc(F)c2)CC1.O=COCc1ccccc1. The molecule has 208 valence electrons. The molecule has 1 saturated heterocycles. The van der Waals surface area contributed by atoms with Gasteiger partial charge in [-0.3, -0.25) is 20.0 Å². The van der Waals surface area contributed by atoms with Crippen LogP contribution in [0.5, 0.6) is 0 Å². The van der Waals surface area contributed by atoms with Crippen molar-refractivity contribution in [1.29, 1.82) is 0 Å². The molecule has 1 aliphatic heterocycles. The van der Waals surface area contributed by atoms with Crippen molar-refractivity contribution in [2.75, 3.05) is 25.0 Å². The number of nitrogens with one attached hydrogen (secondary N) is 1. The summed E-state index contributed by atoms with van der Waals surface area (Å²) in [6.45, 7) is 6.68. The zero-order valence-corrected chi connectivity index (χ0v) is 23.0. The first-order valence-electron chi connectivity index (χ1n) is 13.7. The molecule has 0 aromatic heterocycles. The van der Waals surface area contributed by atoms with Crippen LogP contribution in [0.4, 0.5) is 14.9 Å². The highest BCUT2D eigenvalue weighted by Crippen LogP contribution is 2.24. The predicted octanol–water partition coefficient (Wildman–Crippen LogP) is 6.18. The van der Waals surface area contributed by atoms with E-state index in [0.29, 0.717) is 24.8 Å². The van der Waals surface area contributed by atoms with Gasteiger partial charge in [0.25, 0.3) is 6.47 Å². The first-order chi connectivity index (χ1) is 18.6. The molecule has 0 unspecified atom stereocenters. The number of hydrogen-bond donors (Lipinski definition) is 1. The fourth-order valence-electron chi connectivity index (χ4n) is 4.58. The van der Waals surface area contributed by atoms with Crippen LogP contribution in [0.25, 0.3) is 0 Å². The molecule has 0 bridgehead atoms. The molecule has 2 aromatic carbocycles. The molecule has 38 heavy (non-hydrogen) atoms. The van der Waals surface area contributed by atoms with Gasteiger partial charge >= 0.3 is 6.03 Å². The van der Waals surface area contributed by atoms with Crippen molar-refractivity contribution in [3.05, 3.63) is 66.0 Å². The van der Waals surface area contributed by atoms with E-state index in [-0.39, 0.29) is 17.9 Å². The molecule has 1 heterocycles. The second kappa shape index (κ2) is 18.1. The maximum atomic E-state index is 13.7. The number of anilines is 1. The van der Waals surface area contributed by atoms with Gasteiger partial charge in [0.05, 0.1) is 12.4 Å². The molecule has 2 aromatic rings. The van der Waals surface area contributed by atoms with Crippen molar-refractivity contribution in [1.82, 2.24) is 10.2 Å². The summed E-state index contributed by atoms with van der Waals surface area (Å²) in [5, 5.41) is 2.82. The van der Waals surface area contributed by atoms with E-state index in [0.717, 1.165) is 44.3 Å². The second-order valence-electron chi connectivity index (χ2n) is 9.30. The number of nitrogens with zero attached hydrogens (tertiary/aromatic N) is 3. The lowest BCUT2D eigenvalue weighted by molar-refractivity contribution is -0.129. The molecule has 2 amide bonds. The van der Waals surface area contributed by atoms with Crippen LogP contribution in [-0.2, 0) is 16.1 Å². The minimum absolute atomic E-state index is 0.0658. The number of benzene rings is 2. The van der Waals surface area contributed by atoms with Crippen LogP contribution in [0.1, 0.15) is 64.4 Å². The summed E-state index contributed by atoms with van der Waals surface area (Å²) in [5.41, 5.74) is 1.61. The van der Waals surface area contributed by atoms with Crippen molar-refractivity contribution in [3.63, 3.8) is 0 Å². The molecular formula is C30H43FN4O3. The molecule has 2 fully saturated rings. The number of rotatable bonds is 7. The van der Waals surface area contributed by atoms with E-state index in [1.807, 2.05) is 44.2 Å². The Morgan fingerprint density at radius 2 is 1.74 bits per heavy atom. The Kier molecular flexibility index (Phi) is 14.7. The fourth-order valence-corrected chi connectivity index (χ4v) is 4.58. The molecule has 7 nitrogen and oxygen atoms in total. The molecule has 4 rings (SSSR count). The summed E-state index contributed by atoms with van der Waals surface area (Å²) in [7, 11) is 2.08. The van der Waals surface area contributed by atoms with Crippen LogP contribution < -0.4 is 10.2 Å². The number of carbonyl (C=O) groups excluding carboxylic acids is 2. The Bertz CT molecular complexity index is 959. The van der Waals surface area contributed by atoms with Gasteiger partial charge in [-0.15, -0.1) is 0 Å².